The van der Waals surface area contributed by atoms with Crippen molar-refractivity contribution < 1.29 is 8.78 Å². The monoisotopic (exact) mass is 252 g/mol. The fourth-order valence-corrected chi connectivity index (χ4v) is 1.58. The SMILES string of the molecule is CC(C)NCc1cc(F)c(-n2cncn2)c(F)c1. The largest absolute Gasteiger partial charge is 0.310 e. The fourth-order valence-electron chi connectivity index (χ4n) is 1.58. The molecule has 4 nitrogen and oxygen atoms in total. The molecule has 0 spiro atoms. The lowest BCUT2D eigenvalue weighted by Crippen LogP contribution is -2.22. The van der Waals surface area contributed by atoms with E-state index in [-0.39, 0.29) is 11.7 Å². The van der Waals surface area contributed by atoms with E-state index in [4.69, 9.17) is 0 Å². The quantitative estimate of drug-likeness (QED) is 0.905. The molecule has 0 saturated carbocycles. The lowest BCUT2D eigenvalue weighted by atomic mass is 10.1. The highest BCUT2D eigenvalue weighted by Crippen LogP contribution is 2.18. The minimum Gasteiger partial charge on any atom is -0.310 e. The molecular weight excluding hydrogens is 238 g/mol. The molecule has 0 aliphatic rings. The maximum Gasteiger partial charge on any atom is 0.152 e. The van der Waals surface area contributed by atoms with Crippen LogP contribution in [0.15, 0.2) is 24.8 Å². The molecule has 2 rings (SSSR count). The smallest absolute Gasteiger partial charge is 0.152 e. The topological polar surface area (TPSA) is 42.7 Å². The minimum atomic E-state index is -0.652. The Bertz CT molecular complexity index is 500. The number of halogens is 2. The molecule has 0 aliphatic heterocycles. The summed E-state index contributed by atoms with van der Waals surface area (Å²) in [5, 5.41) is 6.82. The number of aromatic nitrogens is 3. The van der Waals surface area contributed by atoms with Gasteiger partial charge < -0.3 is 5.32 Å². The van der Waals surface area contributed by atoms with Crippen molar-refractivity contribution in [1.29, 1.82) is 0 Å². The molecule has 0 bridgehead atoms. The molecule has 0 fully saturated rings. The van der Waals surface area contributed by atoms with E-state index in [0.717, 1.165) is 4.68 Å². The molecule has 1 aromatic carbocycles. The van der Waals surface area contributed by atoms with Gasteiger partial charge in [0.2, 0.25) is 0 Å². The summed E-state index contributed by atoms with van der Waals surface area (Å²) in [6, 6.07) is 2.86. The van der Waals surface area contributed by atoms with Crippen molar-refractivity contribution >= 4 is 0 Å². The van der Waals surface area contributed by atoms with Crippen LogP contribution in [0.2, 0.25) is 0 Å². The first-order valence-corrected chi connectivity index (χ1v) is 5.64. The van der Waals surface area contributed by atoms with E-state index in [9.17, 15) is 8.78 Å². The van der Waals surface area contributed by atoms with E-state index >= 15 is 0 Å². The van der Waals surface area contributed by atoms with Crippen molar-refractivity contribution in [2.75, 3.05) is 0 Å². The van der Waals surface area contributed by atoms with E-state index in [2.05, 4.69) is 15.4 Å². The highest BCUT2D eigenvalue weighted by atomic mass is 19.1. The summed E-state index contributed by atoms with van der Waals surface area (Å²) >= 11 is 0. The number of nitrogens with zero attached hydrogens (tertiary/aromatic N) is 3. The zero-order valence-electron chi connectivity index (χ0n) is 10.2. The van der Waals surface area contributed by atoms with Crippen molar-refractivity contribution in [3.05, 3.63) is 42.0 Å². The number of hydrogen-bond donors (Lipinski definition) is 1. The van der Waals surface area contributed by atoms with Crippen LogP contribution in [-0.4, -0.2) is 20.8 Å². The molecule has 0 unspecified atom stereocenters. The van der Waals surface area contributed by atoms with Gasteiger partial charge in [0, 0.05) is 12.6 Å². The van der Waals surface area contributed by atoms with Crippen molar-refractivity contribution in [3.63, 3.8) is 0 Å². The van der Waals surface area contributed by atoms with Gasteiger partial charge in [0.05, 0.1) is 0 Å². The van der Waals surface area contributed by atoms with E-state index in [1.807, 2.05) is 13.8 Å². The molecule has 0 atom stereocenters. The van der Waals surface area contributed by atoms with Crippen molar-refractivity contribution in [1.82, 2.24) is 20.1 Å². The molecule has 0 aliphatic carbocycles. The second kappa shape index (κ2) is 5.22. The third-order valence-corrected chi connectivity index (χ3v) is 2.44. The number of nitrogens with one attached hydrogen (secondary N) is 1. The van der Waals surface area contributed by atoms with Gasteiger partial charge in [0.1, 0.15) is 18.3 Å². The Kier molecular flexibility index (Phi) is 3.66. The van der Waals surface area contributed by atoms with Crippen LogP contribution in [0.5, 0.6) is 0 Å². The summed E-state index contributed by atoms with van der Waals surface area (Å²) in [7, 11) is 0. The highest BCUT2D eigenvalue weighted by Gasteiger charge is 2.13. The molecule has 0 amide bonds. The molecule has 96 valence electrons. The van der Waals surface area contributed by atoms with Crippen molar-refractivity contribution in [3.8, 4) is 5.69 Å². The molecule has 1 aromatic heterocycles. The molecule has 0 saturated heterocycles. The van der Waals surface area contributed by atoms with E-state index in [0.29, 0.717) is 12.1 Å². The summed E-state index contributed by atoms with van der Waals surface area (Å²) in [5.41, 5.74) is 0.350. The number of benzene rings is 1. The van der Waals surface area contributed by atoms with Crippen LogP contribution in [0, 0.1) is 11.6 Å². The first kappa shape index (κ1) is 12.6. The summed E-state index contributed by atoms with van der Waals surface area (Å²) in [4.78, 5) is 3.67. The molecule has 0 radical (unpaired) electrons. The second-order valence-electron chi connectivity index (χ2n) is 4.28. The Morgan fingerprint density at radius 1 is 1.28 bits per heavy atom. The Balaban J connectivity index is 2.30. The zero-order chi connectivity index (χ0) is 13.1. The first-order valence-electron chi connectivity index (χ1n) is 5.64. The highest BCUT2D eigenvalue weighted by molar-refractivity contribution is 5.37. The predicted molar refractivity (Wildman–Crippen MR) is 63.3 cm³/mol. The molecule has 18 heavy (non-hydrogen) atoms. The van der Waals surface area contributed by atoms with Gasteiger partial charge >= 0.3 is 0 Å². The van der Waals surface area contributed by atoms with Crippen molar-refractivity contribution in [2.45, 2.75) is 26.4 Å². The summed E-state index contributed by atoms with van der Waals surface area (Å²) in [6.45, 7) is 4.36. The van der Waals surface area contributed by atoms with Crippen LogP contribution < -0.4 is 5.32 Å². The van der Waals surface area contributed by atoms with Crippen LogP contribution in [0.3, 0.4) is 0 Å². The Labute approximate surface area is 104 Å². The third kappa shape index (κ3) is 2.70. The fraction of sp³-hybridized carbons (Fsp3) is 0.333. The minimum absolute atomic E-state index is 0.208. The summed E-state index contributed by atoms with van der Waals surface area (Å²) in [6.07, 6.45) is 2.49. The van der Waals surface area contributed by atoms with Gasteiger partial charge in [-0.3, -0.25) is 0 Å². The third-order valence-electron chi connectivity index (χ3n) is 2.44. The van der Waals surface area contributed by atoms with Crippen LogP contribution in [0.4, 0.5) is 8.78 Å². The molecule has 2 aromatic rings. The van der Waals surface area contributed by atoms with Gasteiger partial charge in [-0.15, -0.1) is 0 Å². The van der Waals surface area contributed by atoms with Crippen LogP contribution in [0.1, 0.15) is 19.4 Å². The van der Waals surface area contributed by atoms with Gasteiger partial charge in [-0.25, -0.2) is 18.4 Å². The summed E-state index contributed by atoms with van der Waals surface area (Å²) < 4.78 is 28.8. The molecule has 1 heterocycles. The Morgan fingerprint density at radius 2 is 1.94 bits per heavy atom. The summed E-state index contributed by atoms with van der Waals surface area (Å²) in [5.74, 6) is -1.30. The average Bonchev–Trinajstić information content (AvgIpc) is 2.79. The standard InChI is InChI=1S/C12H14F2N4/c1-8(2)16-5-9-3-10(13)12(11(14)4-9)18-7-15-6-17-18/h3-4,6-8,16H,5H2,1-2H3. The molecule has 6 heteroatoms. The van der Waals surface area contributed by atoms with Crippen LogP contribution >= 0.6 is 0 Å². The number of rotatable bonds is 4. The average molecular weight is 252 g/mol. The second-order valence-corrected chi connectivity index (χ2v) is 4.28. The maximum atomic E-state index is 13.8. The lowest BCUT2D eigenvalue weighted by Gasteiger charge is -2.10. The van der Waals surface area contributed by atoms with E-state index in [1.54, 1.807) is 0 Å². The van der Waals surface area contributed by atoms with Gasteiger partial charge in [0.15, 0.2) is 11.6 Å². The van der Waals surface area contributed by atoms with Gasteiger partial charge in [-0.2, -0.15) is 5.10 Å². The van der Waals surface area contributed by atoms with Crippen LogP contribution in [-0.2, 0) is 6.54 Å². The van der Waals surface area contributed by atoms with Gasteiger partial charge in [-0.05, 0) is 17.7 Å². The Hall–Kier alpha value is -1.82. The molecular formula is C12H14F2N4. The van der Waals surface area contributed by atoms with E-state index in [1.165, 1.54) is 24.8 Å². The van der Waals surface area contributed by atoms with Crippen molar-refractivity contribution in [2.24, 2.45) is 0 Å². The Morgan fingerprint density at radius 3 is 2.44 bits per heavy atom. The first-order chi connectivity index (χ1) is 8.58. The zero-order valence-corrected chi connectivity index (χ0v) is 10.2. The predicted octanol–water partition coefficient (Wildman–Crippen LogP) is 2.04. The maximum absolute atomic E-state index is 13.8. The van der Waals surface area contributed by atoms with Crippen LogP contribution in [0.25, 0.3) is 5.69 Å². The normalized spacial score (nSPS) is 11.2. The van der Waals surface area contributed by atoms with Gasteiger partial charge in [0.25, 0.3) is 0 Å². The van der Waals surface area contributed by atoms with Gasteiger partial charge in [-0.1, -0.05) is 13.8 Å². The molecule has 1 N–H and O–H groups in total. The number of hydrogen-bond acceptors (Lipinski definition) is 3. The lowest BCUT2D eigenvalue weighted by molar-refractivity contribution is 0.545. The van der Waals surface area contributed by atoms with E-state index < -0.39 is 11.6 Å².